The Balaban J connectivity index is 2.20. The highest BCUT2D eigenvalue weighted by atomic mass is 19.4. The van der Waals surface area contributed by atoms with Gasteiger partial charge in [-0.2, -0.15) is 13.2 Å². The summed E-state index contributed by atoms with van der Waals surface area (Å²) < 4.78 is 37.2. The Morgan fingerprint density at radius 1 is 1.24 bits per heavy atom. The van der Waals surface area contributed by atoms with E-state index >= 15 is 0 Å². The second-order valence-electron chi connectivity index (χ2n) is 4.79. The standard InChI is InChI=1S/C13H13F3N2O3/c14-13(15,16)7-17-11(20)6-18-9-2-1-3-10(19)8(9)4-5-12(18)21/h4-5H,1-3,6-7H2,(H,17,20). The number of carbonyl (C=O) groups excluding carboxylic acids is 2. The summed E-state index contributed by atoms with van der Waals surface area (Å²) in [5.41, 5.74) is 0.274. The van der Waals surface area contributed by atoms with Gasteiger partial charge in [0.1, 0.15) is 13.1 Å². The first-order valence-electron chi connectivity index (χ1n) is 6.37. The van der Waals surface area contributed by atoms with Crippen molar-refractivity contribution in [3.8, 4) is 0 Å². The van der Waals surface area contributed by atoms with Crippen LogP contribution in [0.4, 0.5) is 13.2 Å². The molecule has 0 unspecified atom stereocenters. The Bertz CT molecular complexity index is 635. The van der Waals surface area contributed by atoms with Crippen molar-refractivity contribution in [2.24, 2.45) is 0 Å². The molecule has 1 amide bonds. The largest absolute Gasteiger partial charge is 0.405 e. The molecule has 1 N–H and O–H groups in total. The molecule has 1 aromatic heterocycles. The lowest BCUT2D eigenvalue weighted by Gasteiger charge is -2.19. The molecule has 0 saturated carbocycles. The summed E-state index contributed by atoms with van der Waals surface area (Å²) in [4.78, 5) is 35.0. The monoisotopic (exact) mass is 302 g/mol. The Kier molecular flexibility index (Phi) is 4.15. The molecule has 2 rings (SSSR count). The number of ketones is 1. The quantitative estimate of drug-likeness (QED) is 0.907. The van der Waals surface area contributed by atoms with Crippen LogP contribution in [0, 0.1) is 0 Å². The number of nitrogens with one attached hydrogen (secondary N) is 1. The number of fused-ring (bicyclic) bond motifs is 1. The third kappa shape index (κ3) is 3.71. The first-order valence-corrected chi connectivity index (χ1v) is 6.37. The van der Waals surface area contributed by atoms with Crippen molar-refractivity contribution in [1.29, 1.82) is 0 Å². The van der Waals surface area contributed by atoms with Crippen LogP contribution in [0.3, 0.4) is 0 Å². The normalized spacial score (nSPS) is 14.7. The topological polar surface area (TPSA) is 68.2 Å². The predicted molar refractivity (Wildman–Crippen MR) is 67.0 cm³/mol. The number of Topliss-reactive ketones (excluding diaryl/α,β-unsaturated/α-hetero) is 1. The van der Waals surface area contributed by atoms with Gasteiger partial charge in [-0.3, -0.25) is 14.4 Å². The van der Waals surface area contributed by atoms with Gasteiger partial charge in [-0.1, -0.05) is 0 Å². The van der Waals surface area contributed by atoms with Crippen molar-refractivity contribution in [3.63, 3.8) is 0 Å². The number of hydrogen-bond acceptors (Lipinski definition) is 3. The second-order valence-corrected chi connectivity index (χ2v) is 4.79. The maximum atomic E-state index is 12.0. The van der Waals surface area contributed by atoms with E-state index in [1.807, 2.05) is 0 Å². The predicted octanol–water partition coefficient (Wildman–Crippen LogP) is 1.05. The number of amides is 1. The molecule has 114 valence electrons. The van der Waals surface area contributed by atoms with Crippen molar-refractivity contribution >= 4 is 11.7 Å². The average Bonchev–Trinajstić information content (AvgIpc) is 2.39. The average molecular weight is 302 g/mol. The number of aromatic nitrogens is 1. The van der Waals surface area contributed by atoms with Gasteiger partial charge >= 0.3 is 6.18 Å². The molecule has 0 aromatic carbocycles. The summed E-state index contributed by atoms with van der Waals surface area (Å²) in [6.07, 6.45) is -3.14. The van der Waals surface area contributed by atoms with E-state index < -0.39 is 30.7 Å². The number of hydrogen-bond donors (Lipinski definition) is 1. The molecule has 1 aliphatic carbocycles. The van der Waals surface area contributed by atoms with Gasteiger partial charge in [0.15, 0.2) is 5.78 Å². The smallest absolute Gasteiger partial charge is 0.345 e. The molecule has 5 nitrogen and oxygen atoms in total. The van der Waals surface area contributed by atoms with Crippen molar-refractivity contribution in [2.45, 2.75) is 32.0 Å². The number of nitrogens with zero attached hydrogens (tertiary/aromatic N) is 1. The number of pyridine rings is 1. The lowest BCUT2D eigenvalue weighted by molar-refractivity contribution is -0.138. The molecule has 0 bridgehead atoms. The summed E-state index contributed by atoms with van der Waals surface area (Å²) >= 11 is 0. The van der Waals surface area contributed by atoms with E-state index in [1.54, 1.807) is 5.32 Å². The van der Waals surface area contributed by atoms with E-state index in [1.165, 1.54) is 6.07 Å². The summed E-state index contributed by atoms with van der Waals surface area (Å²) in [6.45, 7) is -1.97. The van der Waals surface area contributed by atoms with Crippen LogP contribution in [0.1, 0.15) is 28.9 Å². The summed E-state index contributed by atoms with van der Waals surface area (Å²) in [5, 5.41) is 1.71. The highest BCUT2D eigenvalue weighted by molar-refractivity contribution is 5.98. The fraction of sp³-hybridized carbons (Fsp3) is 0.462. The maximum Gasteiger partial charge on any atom is 0.405 e. The molecule has 0 aliphatic heterocycles. The number of carbonyl (C=O) groups is 2. The van der Waals surface area contributed by atoms with Gasteiger partial charge in [-0.25, -0.2) is 0 Å². The third-order valence-electron chi connectivity index (χ3n) is 3.20. The molecule has 1 aliphatic rings. The van der Waals surface area contributed by atoms with E-state index in [4.69, 9.17) is 0 Å². The van der Waals surface area contributed by atoms with Gasteiger partial charge in [0.2, 0.25) is 5.91 Å². The van der Waals surface area contributed by atoms with Crippen LogP contribution in [0.5, 0.6) is 0 Å². The maximum absolute atomic E-state index is 12.0. The minimum atomic E-state index is -4.51. The van der Waals surface area contributed by atoms with Crippen LogP contribution in [-0.4, -0.2) is 29.0 Å². The number of halogens is 3. The lowest BCUT2D eigenvalue weighted by Crippen LogP contribution is -2.39. The van der Waals surface area contributed by atoms with Crippen LogP contribution in [-0.2, 0) is 17.8 Å². The van der Waals surface area contributed by atoms with Crippen LogP contribution in [0.15, 0.2) is 16.9 Å². The van der Waals surface area contributed by atoms with E-state index in [0.29, 0.717) is 30.5 Å². The molecule has 0 saturated heterocycles. The molecule has 0 atom stereocenters. The minimum Gasteiger partial charge on any atom is -0.345 e. The second kappa shape index (κ2) is 5.71. The summed E-state index contributed by atoms with van der Waals surface area (Å²) in [6, 6.07) is 2.56. The van der Waals surface area contributed by atoms with Crippen molar-refractivity contribution in [3.05, 3.63) is 33.7 Å². The van der Waals surface area contributed by atoms with Gasteiger partial charge in [0.05, 0.1) is 0 Å². The Labute approximate surface area is 117 Å². The van der Waals surface area contributed by atoms with E-state index in [-0.39, 0.29) is 5.78 Å². The Morgan fingerprint density at radius 3 is 2.62 bits per heavy atom. The zero-order chi connectivity index (χ0) is 15.6. The molecule has 0 radical (unpaired) electrons. The van der Waals surface area contributed by atoms with Gasteiger partial charge in [-0.05, 0) is 18.9 Å². The molecular formula is C13H13F3N2O3. The highest BCUT2D eigenvalue weighted by Gasteiger charge is 2.28. The van der Waals surface area contributed by atoms with E-state index in [2.05, 4.69) is 0 Å². The fourth-order valence-corrected chi connectivity index (χ4v) is 2.27. The molecule has 1 aromatic rings. The van der Waals surface area contributed by atoms with Crippen LogP contribution in [0.2, 0.25) is 0 Å². The molecular weight excluding hydrogens is 289 g/mol. The molecule has 0 fully saturated rings. The SMILES string of the molecule is O=C(Cn1c2c(ccc1=O)C(=O)CCC2)NCC(F)(F)F. The van der Waals surface area contributed by atoms with Crippen molar-refractivity contribution in [2.75, 3.05) is 6.54 Å². The lowest BCUT2D eigenvalue weighted by atomic mass is 9.94. The molecule has 8 heteroatoms. The van der Waals surface area contributed by atoms with Gasteiger partial charge < -0.3 is 9.88 Å². The third-order valence-corrected chi connectivity index (χ3v) is 3.20. The number of alkyl halides is 3. The van der Waals surface area contributed by atoms with E-state index in [0.717, 1.165) is 10.6 Å². The Hall–Kier alpha value is -2.12. The van der Waals surface area contributed by atoms with Gasteiger partial charge in [0.25, 0.3) is 5.56 Å². The highest BCUT2D eigenvalue weighted by Crippen LogP contribution is 2.19. The molecule has 1 heterocycles. The first-order chi connectivity index (χ1) is 9.78. The fourth-order valence-electron chi connectivity index (χ4n) is 2.27. The Morgan fingerprint density at radius 2 is 1.95 bits per heavy atom. The zero-order valence-corrected chi connectivity index (χ0v) is 11.0. The summed E-state index contributed by atoms with van der Waals surface area (Å²) in [5.74, 6) is -1.04. The van der Waals surface area contributed by atoms with Crippen LogP contribution >= 0.6 is 0 Å². The van der Waals surface area contributed by atoms with E-state index in [9.17, 15) is 27.6 Å². The van der Waals surface area contributed by atoms with Crippen LogP contribution in [0.25, 0.3) is 0 Å². The van der Waals surface area contributed by atoms with Crippen LogP contribution < -0.4 is 10.9 Å². The molecule has 21 heavy (non-hydrogen) atoms. The first kappa shape index (κ1) is 15.3. The van der Waals surface area contributed by atoms with Crippen molar-refractivity contribution in [1.82, 2.24) is 9.88 Å². The molecule has 0 spiro atoms. The summed E-state index contributed by atoms with van der Waals surface area (Å²) in [7, 11) is 0. The minimum absolute atomic E-state index is 0.124. The number of rotatable bonds is 3. The van der Waals surface area contributed by atoms with Crippen molar-refractivity contribution < 1.29 is 22.8 Å². The zero-order valence-electron chi connectivity index (χ0n) is 11.0. The van der Waals surface area contributed by atoms with Gasteiger partial charge in [0, 0.05) is 23.7 Å². The van der Waals surface area contributed by atoms with Gasteiger partial charge in [-0.15, -0.1) is 0 Å².